The topological polar surface area (TPSA) is 252 Å². The Bertz CT molecular complexity index is 1040. The lowest BCUT2D eigenvalue weighted by molar-refractivity contribution is -0.149. The number of aromatic hydroxyl groups is 5. The molecule has 2 atom stereocenters. The van der Waals surface area contributed by atoms with Crippen molar-refractivity contribution >= 4 is 11.9 Å². The number of rotatable bonds is 9. The van der Waals surface area contributed by atoms with Crippen LogP contribution in [0.4, 0.5) is 8.78 Å². The number of aliphatic carboxylic acids is 1. The minimum Gasteiger partial charge on any atom is -0.504 e. The zero-order chi connectivity index (χ0) is 26.9. The Morgan fingerprint density at radius 3 is 2.09 bits per heavy atom. The summed E-state index contributed by atoms with van der Waals surface area (Å²) in [6, 6.07) is 4.80. The highest BCUT2D eigenvalue weighted by molar-refractivity contribution is 5.81. The SMILES string of the molecule is NC(CO)C(=O)NNCc1ccc(O)c(O)c1O.NC(Cc1ccc(O)c(O)c1)(C(=O)O)C(F)F. The molecule has 0 bridgehead atoms. The molecule has 15 heteroatoms. The van der Waals surface area contributed by atoms with E-state index in [4.69, 9.17) is 37.0 Å². The molecule has 1 amide bonds. The molecule has 0 spiro atoms. The highest BCUT2D eigenvalue weighted by Crippen LogP contribution is 2.36. The number of carboxylic acid groups (broad SMARTS) is 1. The summed E-state index contributed by atoms with van der Waals surface area (Å²) in [5, 5.41) is 63.3. The number of nitrogens with one attached hydrogen (secondary N) is 2. The van der Waals surface area contributed by atoms with Crippen molar-refractivity contribution < 1.29 is 54.1 Å². The number of hydrogen-bond acceptors (Lipinski definition) is 11. The van der Waals surface area contributed by atoms with Gasteiger partial charge in [0.1, 0.15) is 6.04 Å². The minimum absolute atomic E-state index is 0.00353. The molecule has 2 aromatic carbocycles. The fourth-order valence-electron chi connectivity index (χ4n) is 2.42. The number of phenols is 5. The molecule has 35 heavy (non-hydrogen) atoms. The molecule has 0 radical (unpaired) electrons. The van der Waals surface area contributed by atoms with Crippen LogP contribution in [0.1, 0.15) is 11.1 Å². The Kier molecular flexibility index (Phi) is 10.4. The summed E-state index contributed by atoms with van der Waals surface area (Å²) >= 11 is 0. The van der Waals surface area contributed by atoms with Gasteiger partial charge in [-0.05, 0) is 23.8 Å². The van der Waals surface area contributed by atoms with E-state index < -0.39 is 71.7 Å². The van der Waals surface area contributed by atoms with E-state index in [1.807, 2.05) is 0 Å². The van der Waals surface area contributed by atoms with Crippen LogP contribution in [-0.4, -0.2) is 72.2 Å². The first-order valence-corrected chi connectivity index (χ1v) is 9.67. The molecule has 0 aromatic heterocycles. The van der Waals surface area contributed by atoms with Gasteiger partial charge < -0.3 is 47.2 Å². The van der Waals surface area contributed by atoms with Crippen molar-refractivity contribution in [3.63, 3.8) is 0 Å². The monoisotopic (exact) mass is 504 g/mol. The number of hydrogen-bond donors (Lipinski definition) is 11. The Hall–Kier alpha value is -3.92. The lowest BCUT2D eigenvalue weighted by atomic mass is 9.92. The molecule has 0 aliphatic rings. The smallest absolute Gasteiger partial charge is 0.330 e. The second-order valence-electron chi connectivity index (χ2n) is 7.22. The van der Waals surface area contributed by atoms with Crippen LogP contribution in [0.5, 0.6) is 28.7 Å². The predicted molar refractivity (Wildman–Crippen MR) is 116 cm³/mol. The summed E-state index contributed by atoms with van der Waals surface area (Å²) in [6.07, 6.45) is -3.91. The molecular formula is C20H26F2N4O9. The fourth-order valence-corrected chi connectivity index (χ4v) is 2.42. The molecule has 0 saturated heterocycles. The maximum atomic E-state index is 12.6. The third kappa shape index (κ3) is 7.82. The van der Waals surface area contributed by atoms with Gasteiger partial charge in [-0.3, -0.25) is 10.2 Å². The molecule has 0 aliphatic heterocycles. The van der Waals surface area contributed by atoms with E-state index >= 15 is 0 Å². The van der Waals surface area contributed by atoms with Crippen molar-refractivity contribution in [2.24, 2.45) is 11.5 Å². The van der Waals surface area contributed by atoms with Crippen LogP contribution in [0, 0.1) is 0 Å². The summed E-state index contributed by atoms with van der Waals surface area (Å²) in [5.41, 5.74) is 12.7. The number of phenolic OH excluding ortho intramolecular Hbond substituents is 5. The van der Waals surface area contributed by atoms with Crippen LogP contribution in [0.3, 0.4) is 0 Å². The Labute approximate surface area is 196 Å². The van der Waals surface area contributed by atoms with E-state index in [0.29, 0.717) is 0 Å². The van der Waals surface area contributed by atoms with Crippen LogP contribution in [0.2, 0.25) is 0 Å². The van der Waals surface area contributed by atoms with Crippen molar-refractivity contribution in [1.82, 2.24) is 10.9 Å². The van der Waals surface area contributed by atoms with Gasteiger partial charge in [-0.15, -0.1) is 0 Å². The Balaban J connectivity index is 0.000000351. The second kappa shape index (κ2) is 12.5. The number of carbonyl (C=O) groups is 2. The highest BCUT2D eigenvalue weighted by atomic mass is 19.3. The molecule has 2 unspecified atom stereocenters. The zero-order valence-corrected chi connectivity index (χ0v) is 18.0. The van der Waals surface area contributed by atoms with E-state index in [0.717, 1.165) is 12.1 Å². The van der Waals surface area contributed by atoms with Crippen molar-refractivity contribution in [1.29, 1.82) is 0 Å². The average molecular weight is 504 g/mol. The van der Waals surface area contributed by atoms with Gasteiger partial charge in [0.15, 0.2) is 28.5 Å². The number of halogens is 2. The van der Waals surface area contributed by atoms with Crippen LogP contribution in [0.25, 0.3) is 0 Å². The fraction of sp³-hybridized carbons (Fsp3) is 0.300. The van der Waals surface area contributed by atoms with Crippen molar-refractivity contribution in [2.45, 2.75) is 31.0 Å². The van der Waals surface area contributed by atoms with Crippen molar-refractivity contribution in [3.8, 4) is 28.7 Å². The maximum absolute atomic E-state index is 12.6. The van der Waals surface area contributed by atoms with Crippen molar-refractivity contribution in [2.75, 3.05) is 6.61 Å². The molecule has 13 nitrogen and oxygen atoms in total. The normalized spacial score (nSPS) is 13.3. The first-order chi connectivity index (χ1) is 16.2. The van der Waals surface area contributed by atoms with Crippen molar-refractivity contribution in [3.05, 3.63) is 41.5 Å². The third-order valence-electron chi connectivity index (χ3n) is 4.56. The average Bonchev–Trinajstić information content (AvgIpc) is 2.80. The number of aliphatic hydroxyl groups excluding tert-OH is 1. The summed E-state index contributed by atoms with van der Waals surface area (Å²) in [4.78, 5) is 21.9. The number of carbonyl (C=O) groups excluding carboxylic acids is 1. The molecule has 0 heterocycles. The predicted octanol–water partition coefficient (Wildman–Crippen LogP) is -1.07. The van der Waals surface area contributed by atoms with E-state index in [2.05, 4.69) is 10.9 Å². The lowest BCUT2D eigenvalue weighted by Crippen LogP contribution is -2.55. The Morgan fingerprint density at radius 2 is 1.57 bits per heavy atom. The largest absolute Gasteiger partial charge is 0.504 e. The number of nitrogens with two attached hydrogens (primary N) is 2. The van der Waals surface area contributed by atoms with Gasteiger partial charge in [-0.1, -0.05) is 12.1 Å². The van der Waals surface area contributed by atoms with E-state index in [9.17, 15) is 28.6 Å². The van der Waals surface area contributed by atoms with Crippen LogP contribution >= 0.6 is 0 Å². The quantitative estimate of drug-likeness (QED) is 0.144. The molecular weight excluding hydrogens is 478 g/mol. The van der Waals surface area contributed by atoms with Crippen LogP contribution in [-0.2, 0) is 22.6 Å². The molecule has 2 aromatic rings. The number of benzene rings is 2. The third-order valence-corrected chi connectivity index (χ3v) is 4.56. The maximum Gasteiger partial charge on any atom is 0.330 e. The lowest BCUT2D eigenvalue weighted by Gasteiger charge is -2.23. The van der Waals surface area contributed by atoms with Gasteiger partial charge in [0.2, 0.25) is 5.75 Å². The van der Waals surface area contributed by atoms with Gasteiger partial charge in [0.25, 0.3) is 12.3 Å². The molecule has 0 saturated carbocycles. The second-order valence-corrected chi connectivity index (χ2v) is 7.22. The van der Waals surface area contributed by atoms with Gasteiger partial charge in [-0.2, -0.15) is 0 Å². The van der Waals surface area contributed by atoms with Gasteiger partial charge >= 0.3 is 5.97 Å². The minimum atomic E-state index is -3.25. The summed E-state index contributed by atoms with van der Waals surface area (Å²) in [7, 11) is 0. The van der Waals surface area contributed by atoms with E-state index in [1.165, 1.54) is 18.2 Å². The van der Waals surface area contributed by atoms with E-state index in [-0.39, 0.29) is 17.7 Å². The van der Waals surface area contributed by atoms with Gasteiger partial charge in [0, 0.05) is 18.5 Å². The summed E-state index contributed by atoms with van der Waals surface area (Å²) < 4.78 is 25.2. The molecule has 194 valence electrons. The first-order valence-electron chi connectivity index (χ1n) is 9.67. The number of amides is 1. The van der Waals surface area contributed by atoms with Gasteiger partial charge in [-0.25, -0.2) is 19.0 Å². The first kappa shape index (κ1) is 29.1. The molecule has 0 aliphatic carbocycles. The summed E-state index contributed by atoms with van der Waals surface area (Å²) in [6.45, 7) is -0.484. The zero-order valence-electron chi connectivity index (χ0n) is 18.0. The highest BCUT2D eigenvalue weighted by Gasteiger charge is 2.44. The van der Waals surface area contributed by atoms with Crippen LogP contribution < -0.4 is 22.3 Å². The number of carboxylic acids is 1. The van der Waals surface area contributed by atoms with E-state index in [1.54, 1.807) is 0 Å². The summed E-state index contributed by atoms with van der Waals surface area (Å²) in [5.74, 6) is -4.95. The number of alkyl halides is 2. The molecule has 13 N–H and O–H groups in total. The number of aliphatic hydroxyl groups is 1. The van der Waals surface area contributed by atoms with Gasteiger partial charge in [0.05, 0.1) is 6.61 Å². The number of hydrazine groups is 1. The van der Waals surface area contributed by atoms with Crippen LogP contribution in [0.15, 0.2) is 30.3 Å². The molecule has 0 fully saturated rings. The Morgan fingerprint density at radius 1 is 0.971 bits per heavy atom. The standard InChI is InChI=1S/C10H11F2NO4.C10H15N3O5/c11-8(12)10(13,9(16)17)4-5-1-2-6(14)7(15)3-5;11-6(4-14)10(18)13-12-3-5-1-2-7(15)9(17)8(5)16/h1-3,8,14-15H,4,13H2,(H,16,17);1-2,6,12,14-17H,3-4,11H2,(H,13,18). The molecule has 2 rings (SSSR count).